The highest BCUT2D eigenvalue weighted by atomic mass is 32.2. The summed E-state index contributed by atoms with van der Waals surface area (Å²) in [5.74, 6) is 1.78. The van der Waals surface area contributed by atoms with Gasteiger partial charge in [0.2, 0.25) is 5.95 Å². The molecule has 0 fully saturated rings. The number of hydrogen-bond acceptors (Lipinski definition) is 9. The van der Waals surface area contributed by atoms with Gasteiger partial charge >= 0.3 is 6.09 Å². The lowest BCUT2D eigenvalue weighted by molar-refractivity contribution is 0.0634. The zero-order valence-electron chi connectivity index (χ0n) is 22.6. The second kappa shape index (κ2) is 11.1. The predicted octanol–water partition coefficient (Wildman–Crippen LogP) is 4.73. The molecule has 3 aromatic rings. The third-order valence-electron chi connectivity index (χ3n) is 5.86. The number of anilines is 1. The minimum atomic E-state index is -0.636. The molecule has 3 aromatic heterocycles. The maximum Gasteiger partial charge on any atom is 0.414 e. The van der Waals surface area contributed by atoms with Crippen LogP contribution in [0.25, 0.3) is 17.1 Å². The number of nitrogens with one attached hydrogen (secondary N) is 2. The van der Waals surface area contributed by atoms with Crippen LogP contribution in [0.3, 0.4) is 0 Å². The third-order valence-corrected chi connectivity index (χ3v) is 6.94. The zero-order valence-corrected chi connectivity index (χ0v) is 23.4. The second-order valence-corrected chi connectivity index (χ2v) is 10.9. The third kappa shape index (κ3) is 6.22. The average Bonchev–Trinajstić information content (AvgIpc) is 3.04. The van der Waals surface area contributed by atoms with Crippen LogP contribution in [0, 0.1) is 13.8 Å². The van der Waals surface area contributed by atoms with E-state index < -0.39 is 11.7 Å². The van der Waals surface area contributed by atoms with Crippen LogP contribution in [0.5, 0.6) is 5.75 Å². The number of hydrogen-bond donors (Lipinski definition) is 2. The molecular formula is C26H35N7O3S. The molecule has 10 nitrogen and oxygen atoms in total. The number of carbonyl (C=O) groups is 1. The summed E-state index contributed by atoms with van der Waals surface area (Å²) in [5, 5.41) is 12.7. The fourth-order valence-electron chi connectivity index (χ4n) is 4.17. The first-order valence-corrected chi connectivity index (χ1v) is 13.4. The lowest BCUT2D eigenvalue weighted by Gasteiger charge is -2.19. The molecule has 0 atom stereocenters. The lowest BCUT2D eigenvalue weighted by Crippen LogP contribution is -2.28. The minimum absolute atomic E-state index is 0.180. The van der Waals surface area contributed by atoms with E-state index in [1.54, 1.807) is 25.1 Å². The number of ether oxygens (including phenoxy) is 2. The Morgan fingerprint density at radius 2 is 2.03 bits per heavy atom. The minimum Gasteiger partial charge on any atom is -0.496 e. The smallest absolute Gasteiger partial charge is 0.414 e. The van der Waals surface area contributed by atoms with Crippen LogP contribution >= 0.6 is 11.8 Å². The normalized spacial score (nSPS) is 13.3. The number of nitrogens with zero attached hydrogens (tertiary/aromatic N) is 5. The highest BCUT2D eigenvalue weighted by molar-refractivity contribution is 7.99. The van der Waals surface area contributed by atoms with Gasteiger partial charge in [0.05, 0.1) is 30.4 Å². The van der Waals surface area contributed by atoms with Crippen LogP contribution in [0.15, 0.2) is 16.8 Å². The Balaban J connectivity index is 1.77. The van der Waals surface area contributed by atoms with Gasteiger partial charge in [-0.25, -0.2) is 14.5 Å². The molecule has 1 aliphatic heterocycles. The number of pyridine rings is 1. The maximum atomic E-state index is 12.5. The fraction of sp³-hybridized carbons (Fsp3) is 0.500. The molecule has 1 aliphatic rings. The summed E-state index contributed by atoms with van der Waals surface area (Å²) < 4.78 is 12.8. The first-order chi connectivity index (χ1) is 17.6. The van der Waals surface area contributed by atoms with Gasteiger partial charge in [-0.05, 0) is 60.2 Å². The van der Waals surface area contributed by atoms with E-state index in [2.05, 4.69) is 33.6 Å². The molecule has 11 heteroatoms. The summed E-state index contributed by atoms with van der Waals surface area (Å²) >= 11 is 1.63. The van der Waals surface area contributed by atoms with Crippen LogP contribution in [-0.4, -0.2) is 62.4 Å². The van der Waals surface area contributed by atoms with Gasteiger partial charge in [0.1, 0.15) is 16.4 Å². The van der Waals surface area contributed by atoms with E-state index in [1.807, 2.05) is 39.3 Å². The van der Waals surface area contributed by atoms with Gasteiger partial charge in [-0.15, -0.1) is 11.8 Å². The molecule has 0 radical (unpaired) electrons. The van der Waals surface area contributed by atoms with E-state index in [4.69, 9.17) is 19.6 Å². The predicted molar refractivity (Wildman–Crippen MR) is 146 cm³/mol. The average molecular weight is 526 g/mol. The first kappa shape index (κ1) is 26.9. The van der Waals surface area contributed by atoms with Crippen molar-refractivity contribution in [1.29, 1.82) is 0 Å². The van der Waals surface area contributed by atoms with Gasteiger partial charge in [0.25, 0.3) is 0 Å². The Kier molecular flexibility index (Phi) is 8.03. The molecule has 0 spiro atoms. The molecule has 4 heterocycles. The SMILES string of the molecule is CCNCCC1=Cc2nn(Cc3ncc(C)c(OC)c3C)c3nc(NC(=O)OC(C)(C)C)nc(c23)SC1. The number of rotatable bonds is 8. The molecule has 4 rings (SSSR count). The van der Waals surface area contributed by atoms with Crippen molar-refractivity contribution in [1.82, 2.24) is 30.0 Å². The first-order valence-electron chi connectivity index (χ1n) is 12.4. The van der Waals surface area contributed by atoms with Crippen molar-refractivity contribution >= 4 is 40.9 Å². The maximum absolute atomic E-state index is 12.5. The Morgan fingerprint density at radius 3 is 2.73 bits per heavy atom. The number of thioether (sulfide) groups is 1. The van der Waals surface area contributed by atoms with Crippen molar-refractivity contribution in [3.8, 4) is 5.75 Å². The summed E-state index contributed by atoms with van der Waals surface area (Å²) in [6.07, 6.45) is 4.26. The van der Waals surface area contributed by atoms with E-state index in [0.717, 1.165) is 63.9 Å². The van der Waals surface area contributed by atoms with Gasteiger partial charge in [-0.2, -0.15) is 10.1 Å². The Hall–Kier alpha value is -3.18. The molecule has 2 N–H and O–H groups in total. The molecule has 0 unspecified atom stereocenters. The van der Waals surface area contributed by atoms with Gasteiger partial charge in [-0.3, -0.25) is 10.3 Å². The van der Waals surface area contributed by atoms with E-state index in [1.165, 1.54) is 5.57 Å². The fourth-order valence-corrected chi connectivity index (χ4v) is 5.21. The molecule has 0 saturated carbocycles. The number of methoxy groups -OCH3 is 1. The van der Waals surface area contributed by atoms with Crippen molar-refractivity contribution in [2.75, 3.05) is 31.3 Å². The van der Waals surface area contributed by atoms with Crippen LogP contribution < -0.4 is 15.4 Å². The van der Waals surface area contributed by atoms with Crippen molar-refractivity contribution in [2.24, 2.45) is 0 Å². The molecule has 0 saturated heterocycles. The van der Waals surface area contributed by atoms with Crippen molar-refractivity contribution in [3.63, 3.8) is 0 Å². The van der Waals surface area contributed by atoms with Gasteiger partial charge in [-0.1, -0.05) is 12.5 Å². The van der Waals surface area contributed by atoms with E-state index in [-0.39, 0.29) is 5.95 Å². The highest BCUT2D eigenvalue weighted by Crippen LogP contribution is 2.36. The second-order valence-electron chi connectivity index (χ2n) is 9.96. The molecule has 1 amide bonds. The zero-order chi connectivity index (χ0) is 26.7. The van der Waals surface area contributed by atoms with Crippen LogP contribution in [0.1, 0.15) is 56.6 Å². The van der Waals surface area contributed by atoms with E-state index in [0.29, 0.717) is 12.2 Å². The molecule has 37 heavy (non-hydrogen) atoms. The van der Waals surface area contributed by atoms with Gasteiger partial charge in [0, 0.05) is 23.1 Å². The van der Waals surface area contributed by atoms with Gasteiger partial charge < -0.3 is 14.8 Å². The molecular weight excluding hydrogens is 490 g/mol. The molecule has 0 aromatic carbocycles. The summed E-state index contributed by atoms with van der Waals surface area (Å²) in [7, 11) is 1.66. The number of carbonyl (C=O) groups excluding carboxylic acids is 1. The highest BCUT2D eigenvalue weighted by Gasteiger charge is 2.24. The molecule has 198 valence electrons. The van der Waals surface area contributed by atoms with Gasteiger partial charge in [0.15, 0.2) is 5.65 Å². The lowest BCUT2D eigenvalue weighted by atomic mass is 10.1. The summed E-state index contributed by atoms with van der Waals surface area (Å²) in [5.41, 5.74) is 4.85. The van der Waals surface area contributed by atoms with E-state index in [9.17, 15) is 4.79 Å². The number of amides is 1. The monoisotopic (exact) mass is 525 g/mol. The summed E-state index contributed by atoms with van der Waals surface area (Å²) in [6, 6.07) is 0. The Labute approximate surface area is 221 Å². The Morgan fingerprint density at radius 1 is 1.24 bits per heavy atom. The quantitative estimate of drug-likeness (QED) is 0.318. The summed E-state index contributed by atoms with van der Waals surface area (Å²) in [6.45, 7) is 13.7. The van der Waals surface area contributed by atoms with Crippen molar-refractivity contribution in [2.45, 2.75) is 65.1 Å². The standard InChI is InChI=1S/C26H35N7O3S/c1-8-27-10-9-17-11-18-20-22(33(32-18)13-19-16(3)21(35-7)15(2)12-28-19)29-24(30-23(20)37-14-17)31-25(34)36-26(4,5)6/h11-12,27H,8-10,13-14H2,1-7H3,(H,29,30,31,34). The van der Waals surface area contributed by atoms with Crippen LogP contribution in [-0.2, 0) is 11.3 Å². The van der Waals surface area contributed by atoms with E-state index >= 15 is 0 Å². The molecule has 0 aliphatic carbocycles. The Bertz CT molecular complexity index is 1340. The van der Waals surface area contributed by atoms with Crippen molar-refractivity contribution in [3.05, 3.63) is 34.3 Å². The van der Waals surface area contributed by atoms with Crippen LogP contribution in [0.2, 0.25) is 0 Å². The topological polar surface area (TPSA) is 116 Å². The van der Waals surface area contributed by atoms with Crippen LogP contribution in [0.4, 0.5) is 10.7 Å². The largest absolute Gasteiger partial charge is 0.496 e. The van der Waals surface area contributed by atoms with Crippen molar-refractivity contribution < 1.29 is 14.3 Å². The molecule has 0 bridgehead atoms. The summed E-state index contributed by atoms with van der Waals surface area (Å²) in [4.78, 5) is 26.5. The number of aryl methyl sites for hydroxylation is 1. The number of aromatic nitrogens is 5.